The van der Waals surface area contributed by atoms with E-state index in [-0.39, 0.29) is 5.56 Å². The van der Waals surface area contributed by atoms with E-state index < -0.39 is 0 Å². The molecule has 0 spiro atoms. The zero-order chi connectivity index (χ0) is 13.1. The van der Waals surface area contributed by atoms with Crippen LogP contribution < -0.4 is 10.3 Å². The Hall–Kier alpha value is -2.55. The van der Waals surface area contributed by atoms with Crippen LogP contribution in [-0.2, 0) is 6.61 Å². The molecule has 1 aromatic heterocycles. The molecule has 1 N–H and O–H groups in total. The Bertz CT molecular complexity index is 747. The molecule has 0 saturated carbocycles. The third-order valence-corrected chi connectivity index (χ3v) is 2.89. The van der Waals surface area contributed by atoms with Crippen LogP contribution in [0.5, 0.6) is 5.75 Å². The van der Waals surface area contributed by atoms with E-state index in [1.165, 1.54) is 6.07 Å². The summed E-state index contributed by atoms with van der Waals surface area (Å²) in [7, 11) is 0. The molecule has 0 amide bonds. The fraction of sp³-hybridized carbons (Fsp3) is 0.0625. The number of benzene rings is 2. The number of hydrogen-bond donors (Lipinski definition) is 1. The van der Waals surface area contributed by atoms with Crippen LogP contribution in [0.1, 0.15) is 5.56 Å². The maximum absolute atomic E-state index is 11.4. The number of rotatable bonds is 3. The van der Waals surface area contributed by atoms with Crippen LogP contribution in [0.4, 0.5) is 0 Å². The van der Waals surface area contributed by atoms with Crippen LogP contribution in [0, 0.1) is 6.07 Å². The van der Waals surface area contributed by atoms with Gasteiger partial charge in [-0.3, -0.25) is 4.79 Å². The van der Waals surface area contributed by atoms with Crippen LogP contribution in [0.3, 0.4) is 0 Å². The second-order valence-corrected chi connectivity index (χ2v) is 4.25. The first-order chi connectivity index (χ1) is 9.33. The highest BCUT2D eigenvalue weighted by molar-refractivity contribution is 5.83. The highest BCUT2D eigenvalue weighted by Crippen LogP contribution is 2.22. The molecular weight excluding hydrogens is 238 g/mol. The molecule has 19 heavy (non-hydrogen) atoms. The van der Waals surface area contributed by atoms with Crippen LogP contribution in [-0.4, -0.2) is 4.98 Å². The molecule has 0 aliphatic rings. The molecule has 93 valence electrons. The second-order valence-electron chi connectivity index (χ2n) is 4.25. The fourth-order valence-corrected chi connectivity index (χ4v) is 1.94. The number of fused-ring (bicyclic) bond motifs is 1. The predicted molar refractivity (Wildman–Crippen MR) is 74.2 cm³/mol. The predicted octanol–water partition coefficient (Wildman–Crippen LogP) is 2.91. The minimum atomic E-state index is -0.136. The lowest BCUT2D eigenvalue weighted by atomic mass is 10.2. The van der Waals surface area contributed by atoms with Crippen LogP contribution in [0.25, 0.3) is 10.9 Å². The Balaban J connectivity index is 1.93. The van der Waals surface area contributed by atoms with E-state index in [0.717, 1.165) is 10.9 Å². The van der Waals surface area contributed by atoms with E-state index >= 15 is 0 Å². The quantitative estimate of drug-likeness (QED) is 0.776. The monoisotopic (exact) mass is 250 g/mol. The number of aromatic nitrogens is 1. The van der Waals surface area contributed by atoms with E-state index in [1.54, 1.807) is 12.1 Å². The maximum Gasteiger partial charge on any atom is 0.248 e. The Morgan fingerprint density at radius 1 is 1.05 bits per heavy atom. The lowest BCUT2D eigenvalue weighted by molar-refractivity contribution is 0.309. The van der Waals surface area contributed by atoms with Gasteiger partial charge in [0, 0.05) is 11.5 Å². The standard InChI is InChI=1S/C16H12NO2/c18-15-10-9-13-7-4-8-14(16(13)17-15)19-11-12-5-2-1-3-6-12/h1-3,5-10H,11H2,(H,17,18). The van der Waals surface area contributed by atoms with Gasteiger partial charge in [0.05, 0.1) is 5.52 Å². The summed E-state index contributed by atoms with van der Waals surface area (Å²) in [5.41, 5.74) is 1.66. The minimum absolute atomic E-state index is 0.136. The van der Waals surface area contributed by atoms with Gasteiger partial charge in [0.25, 0.3) is 0 Å². The molecule has 3 aromatic rings. The number of pyridine rings is 1. The molecular formula is C16H12NO2. The highest BCUT2D eigenvalue weighted by Gasteiger charge is 2.03. The summed E-state index contributed by atoms with van der Waals surface area (Å²) >= 11 is 0. The molecule has 0 saturated heterocycles. The number of nitrogens with one attached hydrogen (secondary N) is 1. The van der Waals surface area contributed by atoms with Crippen molar-refractivity contribution in [3.8, 4) is 5.75 Å². The third-order valence-electron chi connectivity index (χ3n) is 2.89. The molecule has 1 heterocycles. The highest BCUT2D eigenvalue weighted by atomic mass is 16.5. The number of hydrogen-bond acceptors (Lipinski definition) is 2. The van der Waals surface area contributed by atoms with Crippen LogP contribution >= 0.6 is 0 Å². The van der Waals surface area contributed by atoms with Gasteiger partial charge in [0.15, 0.2) is 0 Å². The van der Waals surface area contributed by atoms with Gasteiger partial charge in [-0.25, -0.2) is 0 Å². The van der Waals surface area contributed by atoms with Crippen LogP contribution in [0.2, 0.25) is 0 Å². The largest absolute Gasteiger partial charge is 0.487 e. The van der Waals surface area contributed by atoms with Gasteiger partial charge in [0.1, 0.15) is 12.4 Å². The molecule has 3 nitrogen and oxygen atoms in total. The van der Waals surface area contributed by atoms with Crippen molar-refractivity contribution in [1.29, 1.82) is 0 Å². The smallest absolute Gasteiger partial charge is 0.248 e. The van der Waals surface area contributed by atoms with Crippen molar-refractivity contribution < 1.29 is 4.74 Å². The van der Waals surface area contributed by atoms with Gasteiger partial charge < -0.3 is 9.72 Å². The third kappa shape index (κ3) is 2.50. The van der Waals surface area contributed by atoms with Crippen molar-refractivity contribution in [2.45, 2.75) is 6.61 Å². The summed E-state index contributed by atoms with van der Waals surface area (Å²) in [6.45, 7) is 0.463. The molecule has 3 rings (SSSR count). The lowest BCUT2D eigenvalue weighted by Crippen LogP contribution is -2.04. The van der Waals surface area contributed by atoms with Gasteiger partial charge >= 0.3 is 0 Å². The normalized spacial score (nSPS) is 10.5. The average Bonchev–Trinajstić information content (AvgIpc) is 2.46. The maximum atomic E-state index is 11.4. The number of ether oxygens (including phenoxy) is 1. The van der Waals surface area contributed by atoms with Gasteiger partial charge in [-0.15, -0.1) is 0 Å². The number of H-pyrrole nitrogens is 1. The Morgan fingerprint density at radius 3 is 2.74 bits per heavy atom. The van der Waals surface area contributed by atoms with Crippen molar-refractivity contribution in [2.24, 2.45) is 0 Å². The Kier molecular flexibility index (Phi) is 3.02. The SMILES string of the molecule is O=c1ccc2c[c]cc(OCc3ccccc3)c2[nH]1. The molecule has 0 bridgehead atoms. The topological polar surface area (TPSA) is 42.1 Å². The molecule has 2 aromatic carbocycles. The summed E-state index contributed by atoms with van der Waals surface area (Å²) in [6, 6.07) is 19.7. The van der Waals surface area contributed by atoms with Gasteiger partial charge in [-0.05, 0) is 29.8 Å². The zero-order valence-electron chi connectivity index (χ0n) is 10.2. The van der Waals surface area contributed by atoms with Gasteiger partial charge in [-0.2, -0.15) is 0 Å². The van der Waals surface area contributed by atoms with Crippen molar-refractivity contribution in [3.63, 3.8) is 0 Å². The van der Waals surface area contributed by atoms with Gasteiger partial charge in [-0.1, -0.05) is 30.3 Å². The average molecular weight is 250 g/mol. The molecule has 0 aliphatic carbocycles. The summed E-state index contributed by atoms with van der Waals surface area (Å²) in [5, 5.41) is 0.908. The lowest BCUT2D eigenvalue weighted by Gasteiger charge is -2.08. The van der Waals surface area contributed by atoms with E-state index in [9.17, 15) is 4.79 Å². The molecule has 0 fully saturated rings. The van der Waals surface area contributed by atoms with E-state index in [1.807, 2.05) is 36.4 Å². The Labute approximate surface area is 110 Å². The zero-order valence-corrected chi connectivity index (χ0v) is 10.2. The van der Waals surface area contributed by atoms with E-state index in [2.05, 4.69) is 11.1 Å². The fourth-order valence-electron chi connectivity index (χ4n) is 1.94. The Morgan fingerprint density at radius 2 is 1.89 bits per heavy atom. The molecule has 1 radical (unpaired) electrons. The molecule has 0 atom stereocenters. The molecule has 3 heteroatoms. The first-order valence-electron chi connectivity index (χ1n) is 6.03. The van der Waals surface area contributed by atoms with Crippen molar-refractivity contribution >= 4 is 10.9 Å². The summed E-state index contributed by atoms with van der Waals surface area (Å²) < 4.78 is 5.76. The first kappa shape index (κ1) is 11.5. The summed E-state index contributed by atoms with van der Waals surface area (Å²) in [4.78, 5) is 14.2. The first-order valence-corrected chi connectivity index (χ1v) is 6.03. The van der Waals surface area contributed by atoms with Gasteiger partial charge in [0.2, 0.25) is 5.56 Å². The van der Waals surface area contributed by atoms with Crippen LogP contribution in [0.15, 0.2) is 59.4 Å². The summed E-state index contributed by atoms with van der Waals surface area (Å²) in [6.07, 6.45) is 0. The second kappa shape index (κ2) is 4.98. The van der Waals surface area contributed by atoms with E-state index in [0.29, 0.717) is 17.9 Å². The molecule has 0 aliphatic heterocycles. The van der Waals surface area contributed by atoms with Crippen molar-refractivity contribution in [1.82, 2.24) is 4.98 Å². The van der Waals surface area contributed by atoms with E-state index in [4.69, 9.17) is 4.74 Å². The molecule has 0 unspecified atom stereocenters. The minimum Gasteiger partial charge on any atom is -0.487 e. The van der Waals surface area contributed by atoms with Crippen molar-refractivity contribution in [2.75, 3.05) is 0 Å². The summed E-state index contributed by atoms with van der Waals surface area (Å²) in [5.74, 6) is 0.638. The van der Waals surface area contributed by atoms with Crippen molar-refractivity contribution in [3.05, 3.63) is 76.6 Å². The number of aromatic amines is 1.